The first-order valence-corrected chi connectivity index (χ1v) is 13.6. The Labute approximate surface area is 226 Å². The molecule has 2 aromatic carbocycles. The van der Waals surface area contributed by atoms with Crippen molar-refractivity contribution in [3.63, 3.8) is 0 Å². The van der Waals surface area contributed by atoms with E-state index in [-0.39, 0.29) is 17.2 Å². The molecule has 6 nitrogen and oxygen atoms in total. The van der Waals surface area contributed by atoms with Crippen molar-refractivity contribution in [2.24, 2.45) is 16.3 Å². The molecule has 2 aromatic rings. The highest BCUT2D eigenvalue weighted by atomic mass is 16.5. The summed E-state index contributed by atoms with van der Waals surface area (Å²) in [5.74, 6) is -0.280. The fraction of sp³-hybridized carbons (Fsp3) is 0.469. The van der Waals surface area contributed by atoms with Gasteiger partial charge in [0.25, 0.3) is 0 Å². The smallest absolute Gasteiger partial charge is 0.315 e. The third-order valence-electron chi connectivity index (χ3n) is 7.33. The number of Topliss-reactive ketones (excluding diaryl/α,β-unsaturated/α-hetero) is 1. The number of carbonyl (C=O) groups excluding carboxylic acids is 2. The molecular weight excluding hydrogens is 478 g/mol. The first kappa shape index (κ1) is 27.6. The second-order valence-electron chi connectivity index (χ2n) is 11.1. The number of allylic oxidation sites excluding steroid dienone is 2. The number of esters is 1. The van der Waals surface area contributed by atoms with Crippen molar-refractivity contribution in [2.45, 2.75) is 72.3 Å². The van der Waals surface area contributed by atoms with Crippen molar-refractivity contribution in [1.82, 2.24) is 0 Å². The van der Waals surface area contributed by atoms with Crippen LogP contribution in [0.3, 0.4) is 0 Å². The molecule has 1 unspecified atom stereocenters. The molecule has 202 valence electrons. The third-order valence-corrected chi connectivity index (χ3v) is 7.33. The molecule has 0 spiro atoms. The van der Waals surface area contributed by atoms with E-state index in [1.807, 2.05) is 55.5 Å². The number of rotatable bonds is 10. The summed E-state index contributed by atoms with van der Waals surface area (Å²) in [6.07, 6.45) is 3.97. The van der Waals surface area contributed by atoms with Gasteiger partial charge in [0.15, 0.2) is 17.3 Å². The summed E-state index contributed by atoms with van der Waals surface area (Å²) in [5, 5.41) is 0. The number of unbranched alkanes of at least 4 members (excludes halogenated alkanes) is 2. The zero-order valence-electron chi connectivity index (χ0n) is 23.2. The van der Waals surface area contributed by atoms with Crippen LogP contribution < -0.4 is 9.47 Å². The minimum atomic E-state index is -0.665. The summed E-state index contributed by atoms with van der Waals surface area (Å²) >= 11 is 0. The van der Waals surface area contributed by atoms with Crippen LogP contribution in [0.15, 0.2) is 64.8 Å². The van der Waals surface area contributed by atoms with Crippen LogP contribution in [0.5, 0.6) is 11.5 Å². The van der Waals surface area contributed by atoms with Gasteiger partial charge in [0.05, 0.1) is 13.7 Å². The first-order valence-electron chi connectivity index (χ1n) is 13.6. The average molecular weight is 518 g/mol. The summed E-state index contributed by atoms with van der Waals surface area (Å²) in [5.41, 5.74) is 3.79. The molecule has 4 rings (SSSR count). The number of aliphatic imine (C=N–C) groups is 1. The monoisotopic (exact) mass is 517 g/mol. The van der Waals surface area contributed by atoms with E-state index in [1.54, 1.807) is 7.11 Å². The largest absolute Gasteiger partial charge is 0.493 e. The molecular formula is C32H39NO5. The van der Waals surface area contributed by atoms with Gasteiger partial charge in [-0.15, -0.1) is 0 Å². The number of methoxy groups -OCH3 is 1. The molecule has 1 aliphatic carbocycles. The van der Waals surface area contributed by atoms with Gasteiger partial charge in [-0.25, -0.2) is 0 Å². The van der Waals surface area contributed by atoms with E-state index in [2.05, 4.69) is 20.8 Å². The highest BCUT2D eigenvalue weighted by molar-refractivity contribution is 6.09. The maximum absolute atomic E-state index is 13.5. The van der Waals surface area contributed by atoms with E-state index in [1.165, 1.54) is 0 Å². The zero-order valence-corrected chi connectivity index (χ0v) is 23.2. The van der Waals surface area contributed by atoms with Crippen molar-refractivity contribution < 1.29 is 23.8 Å². The number of benzene rings is 2. The molecule has 1 aliphatic heterocycles. The number of nitrogens with zero attached hydrogens (tertiary/aromatic N) is 1. The van der Waals surface area contributed by atoms with Crippen LogP contribution in [0.25, 0.3) is 0 Å². The Balaban J connectivity index is 1.70. The molecule has 1 heterocycles. The van der Waals surface area contributed by atoms with E-state index in [0.717, 1.165) is 36.1 Å². The van der Waals surface area contributed by atoms with Gasteiger partial charge in [0.2, 0.25) is 0 Å². The summed E-state index contributed by atoms with van der Waals surface area (Å²) in [4.78, 5) is 31.8. The van der Waals surface area contributed by atoms with E-state index >= 15 is 0 Å². The summed E-state index contributed by atoms with van der Waals surface area (Å²) in [7, 11) is 1.60. The number of carbonyl (C=O) groups is 2. The van der Waals surface area contributed by atoms with Gasteiger partial charge >= 0.3 is 5.97 Å². The second kappa shape index (κ2) is 12.0. The maximum atomic E-state index is 13.5. The fourth-order valence-corrected chi connectivity index (χ4v) is 5.46. The minimum Gasteiger partial charge on any atom is -0.493 e. The molecule has 0 amide bonds. The van der Waals surface area contributed by atoms with Gasteiger partial charge in [-0.05, 0) is 48.4 Å². The Bertz CT molecular complexity index is 1230. The van der Waals surface area contributed by atoms with Crippen LogP contribution in [0.2, 0.25) is 0 Å². The minimum absolute atomic E-state index is 0.0460. The van der Waals surface area contributed by atoms with Gasteiger partial charge in [-0.3, -0.25) is 14.6 Å². The predicted octanol–water partition coefficient (Wildman–Crippen LogP) is 6.83. The van der Waals surface area contributed by atoms with Crippen LogP contribution >= 0.6 is 0 Å². The Hall–Kier alpha value is -3.41. The fourth-order valence-electron chi connectivity index (χ4n) is 5.46. The third kappa shape index (κ3) is 6.17. The van der Waals surface area contributed by atoms with Crippen molar-refractivity contribution in [3.05, 3.63) is 70.9 Å². The SMILES string of the molecule is CCCCCOC(=O)C1C(C)=NC2=C(C(=O)CC(C)(C)C2)[C@@H]1c1ccc(OCc2ccccc2)c(OC)c1. The quantitative estimate of drug-likeness (QED) is 0.255. The zero-order chi connectivity index (χ0) is 27.3. The molecule has 38 heavy (non-hydrogen) atoms. The molecule has 0 aromatic heterocycles. The van der Waals surface area contributed by atoms with Gasteiger partial charge < -0.3 is 14.2 Å². The van der Waals surface area contributed by atoms with Crippen LogP contribution in [-0.2, 0) is 20.9 Å². The number of hydrogen-bond donors (Lipinski definition) is 0. The number of ketones is 1. The Morgan fingerprint density at radius 1 is 1.05 bits per heavy atom. The summed E-state index contributed by atoms with van der Waals surface area (Å²) in [6.45, 7) is 8.93. The Morgan fingerprint density at radius 2 is 1.82 bits per heavy atom. The first-order chi connectivity index (χ1) is 18.2. The molecule has 2 aliphatic rings. The van der Waals surface area contributed by atoms with Crippen LogP contribution in [0.4, 0.5) is 0 Å². The standard InChI is InChI=1S/C32H39NO5/c1-6-7-11-16-37-31(35)28-21(2)33-24-18-32(3,4)19-25(34)30(24)29(28)23-14-15-26(27(17-23)36-5)38-20-22-12-9-8-10-13-22/h8-10,12-15,17,28-29H,6-7,11,16,18-20H2,1-5H3/t28?,29-/m1/s1. The molecule has 0 bridgehead atoms. The topological polar surface area (TPSA) is 74.2 Å². The van der Waals surface area contributed by atoms with Gasteiger partial charge in [-0.2, -0.15) is 0 Å². The van der Waals surface area contributed by atoms with Gasteiger partial charge in [-0.1, -0.05) is 70.0 Å². The van der Waals surface area contributed by atoms with E-state index in [0.29, 0.717) is 48.8 Å². The average Bonchev–Trinajstić information content (AvgIpc) is 2.88. The van der Waals surface area contributed by atoms with Crippen LogP contribution in [0, 0.1) is 11.3 Å². The lowest BCUT2D eigenvalue weighted by Gasteiger charge is -2.39. The van der Waals surface area contributed by atoms with Gasteiger partial charge in [0.1, 0.15) is 12.5 Å². The summed E-state index contributed by atoms with van der Waals surface area (Å²) in [6, 6.07) is 15.6. The normalized spacial score (nSPS) is 20.4. The highest BCUT2D eigenvalue weighted by Crippen LogP contribution is 2.49. The van der Waals surface area contributed by atoms with Crippen molar-refractivity contribution in [3.8, 4) is 11.5 Å². The van der Waals surface area contributed by atoms with Gasteiger partial charge in [0, 0.05) is 29.3 Å². The van der Waals surface area contributed by atoms with E-state index in [9.17, 15) is 9.59 Å². The summed E-state index contributed by atoms with van der Waals surface area (Å²) < 4.78 is 17.5. The lowest BCUT2D eigenvalue weighted by molar-refractivity contribution is -0.146. The molecule has 0 saturated heterocycles. The maximum Gasteiger partial charge on any atom is 0.315 e. The highest BCUT2D eigenvalue weighted by Gasteiger charge is 2.46. The molecule has 0 fully saturated rings. The van der Waals surface area contributed by atoms with Crippen LogP contribution in [-0.4, -0.2) is 31.2 Å². The predicted molar refractivity (Wildman–Crippen MR) is 149 cm³/mol. The number of hydrogen-bond acceptors (Lipinski definition) is 6. The van der Waals surface area contributed by atoms with Crippen molar-refractivity contribution in [1.29, 1.82) is 0 Å². The molecule has 0 radical (unpaired) electrons. The Kier molecular flexibility index (Phi) is 8.70. The lowest BCUT2D eigenvalue weighted by Crippen LogP contribution is -2.39. The second-order valence-corrected chi connectivity index (χ2v) is 11.1. The van der Waals surface area contributed by atoms with Crippen molar-refractivity contribution >= 4 is 17.5 Å². The lowest BCUT2D eigenvalue weighted by atomic mass is 9.67. The molecule has 2 atom stereocenters. The Morgan fingerprint density at radius 3 is 2.53 bits per heavy atom. The van der Waals surface area contributed by atoms with E-state index in [4.69, 9.17) is 19.2 Å². The molecule has 0 saturated carbocycles. The van der Waals surface area contributed by atoms with E-state index < -0.39 is 11.8 Å². The number of ether oxygens (including phenoxy) is 3. The van der Waals surface area contributed by atoms with Crippen molar-refractivity contribution in [2.75, 3.05) is 13.7 Å². The molecule has 6 heteroatoms. The van der Waals surface area contributed by atoms with Crippen LogP contribution in [0.1, 0.15) is 76.8 Å². The molecule has 0 N–H and O–H groups in total.